The van der Waals surface area contributed by atoms with Crippen molar-refractivity contribution in [2.24, 2.45) is 0 Å². The number of sulfonamides is 1. The number of nitrogens with zero attached hydrogens (tertiary/aromatic N) is 1. The number of carbonyl (C=O) groups excluding carboxylic acids is 3. The van der Waals surface area contributed by atoms with Gasteiger partial charge in [0.1, 0.15) is 0 Å². The third kappa shape index (κ3) is 4.67. The fourth-order valence-electron chi connectivity index (χ4n) is 4.09. The molecule has 4 rings (SSSR count). The summed E-state index contributed by atoms with van der Waals surface area (Å²) < 4.78 is 27.2. The maximum Gasteiger partial charge on any atom is 0.255 e. The van der Waals surface area contributed by atoms with E-state index >= 15 is 0 Å². The Morgan fingerprint density at radius 3 is 2.03 bits per heavy atom. The average molecular weight is 491 g/mol. The molecule has 0 unspecified atom stereocenters. The molecule has 1 N–H and O–H groups in total. The van der Waals surface area contributed by atoms with Crippen LogP contribution in [0.1, 0.15) is 68.9 Å². The van der Waals surface area contributed by atoms with Crippen LogP contribution in [0, 0.1) is 0 Å². The molecule has 0 radical (unpaired) electrons. The summed E-state index contributed by atoms with van der Waals surface area (Å²) in [4.78, 5) is 38.6. The molecule has 0 atom stereocenters. The molecule has 1 amide bonds. The number of benzene rings is 3. The average Bonchev–Trinajstić information content (AvgIpc) is 2.87. The zero-order valence-electron chi connectivity index (χ0n) is 19.6. The van der Waals surface area contributed by atoms with Crippen LogP contribution in [-0.4, -0.2) is 43.3 Å². The van der Waals surface area contributed by atoms with E-state index in [1.165, 1.54) is 40.7 Å². The second-order valence-corrected chi connectivity index (χ2v) is 10.2. The molecule has 1 aliphatic carbocycles. The van der Waals surface area contributed by atoms with E-state index in [4.69, 9.17) is 0 Å². The molecule has 0 fully saturated rings. The Hall–Kier alpha value is -3.62. The minimum atomic E-state index is -3.64. The zero-order valence-corrected chi connectivity index (χ0v) is 20.4. The smallest absolute Gasteiger partial charge is 0.255 e. The van der Waals surface area contributed by atoms with Gasteiger partial charge in [0.15, 0.2) is 11.6 Å². The van der Waals surface area contributed by atoms with E-state index in [0.717, 1.165) is 12.8 Å². The highest BCUT2D eigenvalue weighted by molar-refractivity contribution is 7.89. The normalized spacial score (nSPS) is 12.9. The maximum atomic E-state index is 12.9. The summed E-state index contributed by atoms with van der Waals surface area (Å²) >= 11 is 0. The van der Waals surface area contributed by atoms with E-state index in [1.54, 1.807) is 37.3 Å². The second-order valence-electron chi connectivity index (χ2n) is 8.29. The molecule has 8 heteroatoms. The predicted octanol–water partition coefficient (Wildman–Crippen LogP) is 4.53. The van der Waals surface area contributed by atoms with Crippen LogP contribution in [0.4, 0.5) is 5.69 Å². The molecule has 0 aliphatic heterocycles. The third-order valence-corrected chi connectivity index (χ3v) is 8.04. The summed E-state index contributed by atoms with van der Waals surface area (Å²) in [5, 5.41) is 2.73. The lowest BCUT2D eigenvalue weighted by Crippen LogP contribution is -2.31. The van der Waals surface area contributed by atoms with Crippen LogP contribution in [0.3, 0.4) is 0 Å². The van der Waals surface area contributed by atoms with E-state index in [2.05, 4.69) is 5.32 Å². The van der Waals surface area contributed by atoms with Crippen molar-refractivity contribution < 1.29 is 22.8 Å². The molecule has 35 heavy (non-hydrogen) atoms. The highest BCUT2D eigenvalue weighted by atomic mass is 32.2. The molecule has 3 aromatic carbocycles. The molecular weight excluding hydrogens is 464 g/mol. The first-order valence-corrected chi connectivity index (χ1v) is 13.0. The lowest BCUT2D eigenvalue weighted by atomic mass is 9.84. The van der Waals surface area contributed by atoms with Crippen molar-refractivity contribution in [3.8, 4) is 0 Å². The fourth-order valence-corrected chi connectivity index (χ4v) is 5.58. The first-order valence-electron chi connectivity index (χ1n) is 11.5. The van der Waals surface area contributed by atoms with Crippen LogP contribution in [0.5, 0.6) is 0 Å². The molecule has 3 aromatic rings. The van der Waals surface area contributed by atoms with Crippen molar-refractivity contribution in [2.45, 2.75) is 31.6 Å². The van der Waals surface area contributed by atoms with Gasteiger partial charge in [0, 0.05) is 46.6 Å². The van der Waals surface area contributed by atoms with Crippen LogP contribution in [-0.2, 0) is 10.0 Å². The van der Waals surface area contributed by atoms with Gasteiger partial charge in [-0.1, -0.05) is 44.5 Å². The van der Waals surface area contributed by atoms with Gasteiger partial charge in [-0.05, 0) is 48.9 Å². The van der Waals surface area contributed by atoms with Crippen molar-refractivity contribution in [2.75, 3.05) is 18.4 Å². The highest BCUT2D eigenvalue weighted by Crippen LogP contribution is 2.29. The van der Waals surface area contributed by atoms with Crippen LogP contribution in [0.25, 0.3) is 0 Å². The number of anilines is 1. The number of nitrogens with one attached hydrogen (secondary N) is 1. The number of unbranched alkanes of at least 4 members (excludes halogenated alkanes) is 1. The van der Waals surface area contributed by atoms with Crippen molar-refractivity contribution >= 4 is 33.2 Å². The van der Waals surface area contributed by atoms with Crippen molar-refractivity contribution in [1.29, 1.82) is 0 Å². The molecular formula is C27H26N2O5S. The molecule has 180 valence electrons. The Morgan fingerprint density at radius 2 is 1.43 bits per heavy atom. The van der Waals surface area contributed by atoms with Gasteiger partial charge in [0.05, 0.1) is 4.90 Å². The van der Waals surface area contributed by atoms with Gasteiger partial charge in [-0.25, -0.2) is 8.42 Å². The number of carbonyl (C=O) groups is 3. The molecule has 7 nitrogen and oxygen atoms in total. The van der Waals surface area contributed by atoms with Crippen molar-refractivity contribution in [1.82, 2.24) is 4.31 Å². The molecule has 0 saturated carbocycles. The van der Waals surface area contributed by atoms with Gasteiger partial charge in [-0.2, -0.15) is 4.31 Å². The topological polar surface area (TPSA) is 101 Å². The lowest BCUT2D eigenvalue weighted by molar-refractivity contribution is 0.0979. The molecule has 1 aliphatic rings. The Morgan fingerprint density at radius 1 is 0.829 bits per heavy atom. The van der Waals surface area contributed by atoms with E-state index < -0.39 is 15.9 Å². The Kier molecular flexibility index (Phi) is 6.95. The number of hydrogen-bond acceptors (Lipinski definition) is 5. The standard InChI is InChI=1S/C27H26N2O5S/c1-3-5-16-29(4-2)35(33,34)20-13-10-18(11-14-20)27(32)28-19-12-15-23-24(17-19)26(31)22-9-7-6-8-21(22)25(23)30/h6-15,17H,3-5,16H2,1-2H3,(H,28,32). The van der Waals surface area contributed by atoms with Gasteiger partial charge in [0.2, 0.25) is 10.0 Å². The van der Waals surface area contributed by atoms with Crippen molar-refractivity contribution in [3.63, 3.8) is 0 Å². The molecule has 0 aromatic heterocycles. The Labute approximate surface area is 204 Å². The van der Waals surface area contributed by atoms with E-state index in [-0.39, 0.29) is 27.6 Å². The van der Waals surface area contributed by atoms with Crippen LogP contribution >= 0.6 is 0 Å². The Bertz CT molecular complexity index is 1410. The van der Waals surface area contributed by atoms with Crippen LogP contribution in [0.15, 0.2) is 71.6 Å². The minimum Gasteiger partial charge on any atom is -0.322 e. The number of hydrogen-bond donors (Lipinski definition) is 1. The molecule has 0 spiro atoms. The maximum absolute atomic E-state index is 12.9. The van der Waals surface area contributed by atoms with E-state index in [1.807, 2.05) is 6.92 Å². The molecule has 0 saturated heterocycles. The fraction of sp³-hybridized carbons (Fsp3) is 0.222. The summed E-state index contributed by atoms with van der Waals surface area (Å²) in [6.07, 6.45) is 1.66. The largest absolute Gasteiger partial charge is 0.322 e. The van der Waals surface area contributed by atoms with E-state index in [0.29, 0.717) is 35.5 Å². The zero-order chi connectivity index (χ0) is 25.2. The quantitative estimate of drug-likeness (QED) is 0.391. The highest BCUT2D eigenvalue weighted by Gasteiger charge is 2.29. The monoisotopic (exact) mass is 490 g/mol. The number of ketones is 2. The molecule has 0 heterocycles. The van der Waals surface area contributed by atoms with Gasteiger partial charge >= 0.3 is 0 Å². The molecule has 0 bridgehead atoms. The SMILES string of the molecule is CCCCN(CC)S(=O)(=O)c1ccc(C(=O)Nc2ccc3c(c2)C(=O)c2ccccc2C3=O)cc1. The number of rotatable bonds is 8. The first-order chi connectivity index (χ1) is 16.8. The summed E-state index contributed by atoms with van der Waals surface area (Å²) in [6.45, 7) is 4.61. The summed E-state index contributed by atoms with van der Waals surface area (Å²) in [5.74, 6) is -0.962. The predicted molar refractivity (Wildman–Crippen MR) is 133 cm³/mol. The van der Waals surface area contributed by atoms with Crippen LogP contribution in [0.2, 0.25) is 0 Å². The summed E-state index contributed by atoms with van der Waals surface area (Å²) in [5.41, 5.74) is 1.87. The Balaban J connectivity index is 1.53. The summed E-state index contributed by atoms with van der Waals surface area (Å²) in [7, 11) is -3.64. The van der Waals surface area contributed by atoms with Gasteiger partial charge in [0.25, 0.3) is 5.91 Å². The lowest BCUT2D eigenvalue weighted by Gasteiger charge is -2.20. The van der Waals surface area contributed by atoms with Crippen molar-refractivity contribution in [3.05, 3.63) is 94.5 Å². The van der Waals surface area contributed by atoms with Gasteiger partial charge in [-0.15, -0.1) is 0 Å². The second kappa shape index (κ2) is 9.93. The first kappa shape index (κ1) is 24.5. The van der Waals surface area contributed by atoms with Gasteiger partial charge in [-0.3, -0.25) is 14.4 Å². The van der Waals surface area contributed by atoms with Crippen LogP contribution < -0.4 is 5.32 Å². The van der Waals surface area contributed by atoms with E-state index in [9.17, 15) is 22.8 Å². The number of fused-ring (bicyclic) bond motifs is 2. The summed E-state index contributed by atoms with van der Waals surface area (Å²) in [6, 6.07) is 17.0. The van der Waals surface area contributed by atoms with Gasteiger partial charge < -0.3 is 5.32 Å². The number of amides is 1. The third-order valence-electron chi connectivity index (χ3n) is 6.05. The minimum absolute atomic E-state index is 0.128.